The molecule has 0 unspecified atom stereocenters. The maximum atomic E-state index is 6.01. The predicted octanol–water partition coefficient (Wildman–Crippen LogP) is 5.25. The zero-order chi connectivity index (χ0) is 14.0. The van der Waals surface area contributed by atoms with Gasteiger partial charge in [-0.1, -0.05) is 33.6 Å². The van der Waals surface area contributed by atoms with Crippen LogP contribution in [0.1, 0.15) is 22.3 Å². The molecule has 2 aromatic rings. The van der Waals surface area contributed by atoms with E-state index in [0.717, 1.165) is 20.8 Å². The second-order valence-electron chi connectivity index (χ2n) is 4.85. The molecule has 0 amide bonds. The standard InChI is InChI=1S/C16H18BrNS/c1-10-6-11(2)14(12(3)7-10)9-19-16-8-13(17)4-5-15(16)18/h4-8H,9,18H2,1-3H3. The molecule has 0 aliphatic rings. The fourth-order valence-electron chi connectivity index (χ4n) is 2.22. The molecule has 0 aromatic heterocycles. The van der Waals surface area contributed by atoms with E-state index in [4.69, 9.17) is 5.73 Å². The third-order valence-electron chi connectivity index (χ3n) is 3.19. The molecule has 0 radical (unpaired) electrons. The van der Waals surface area contributed by atoms with Gasteiger partial charge in [-0.2, -0.15) is 0 Å². The summed E-state index contributed by atoms with van der Waals surface area (Å²) in [7, 11) is 0. The van der Waals surface area contributed by atoms with E-state index in [-0.39, 0.29) is 0 Å². The van der Waals surface area contributed by atoms with Gasteiger partial charge in [-0.05, 0) is 55.7 Å². The Morgan fingerprint density at radius 1 is 1.05 bits per heavy atom. The van der Waals surface area contributed by atoms with Crippen molar-refractivity contribution < 1.29 is 0 Å². The Bertz CT molecular complexity index is 585. The molecular formula is C16H18BrNS. The van der Waals surface area contributed by atoms with E-state index in [0.29, 0.717) is 0 Å². The molecule has 2 N–H and O–H groups in total. The molecule has 0 saturated heterocycles. The average molecular weight is 336 g/mol. The Morgan fingerprint density at radius 3 is 2.32 bits per heavy atom. The highest BCUT2D eigenvalue weighted by Gasteiger charge is 2.07. The van der Waals surface area contributed by atoms with Crippen LogP contribution in [0.5, 0.6) is 0 Å². The molecule has 0 spiro atoms. The minimum atomic E-state index is 0.843. The van der Waals surface area contributed by atoms with Crippen LogP contribution < -0.4 is 5.73 Å². The van der Waals surface area contributed by atoms with Crippen molar-refractivity contribution in [2.24, 2.45) is 0 Å². The zero-order valence-corrected chi connectivity index (χ0v) is 13.9. The van der Waals surface area contributed by atoms with Gasteiger partial charge in [0.15, 0.2) is 0 Å². The Balaban J connectivity index is 2.21. The Hall–Kier alpha value is -0.930. The van der Waals surface area contributed by atoms with Crippen LogP contribution in [0, 0.1) is 20.8 Å². The molecular weight excluding hydrogens is 318 g/mol. The molecule has 0 bridgehead atoms. The highest BCUT2D eigenvalue weighted by molar-refractivity contribution is 9.10. The maximum Gasteiger partial charge on any atom is 0.0453 e. The number of hydrogen-bond donors (Lipinski definition) is 1. The first kappa shape index (κ1) is 14.5. The molecule has 1 nitrogen and oxygen atoms in total. The Kier molecular flexibility index (Phi) is 4.58. The highest BCUT2D eigenvalue weighted by Crippen LogP contribution is 2.32. The SMILES string of the molecule is Cc1cc(C)c(CSc2cc(Br)ccc2N)c(C)c1. The van der Waals surface area contributed by atoms with Gasteiger partial charge in [0.25, 0.3) is 0 Å². The van der Waals surface area contributed by atoms with E-state index in [1.165, 1.54) is 22.3 Å². The second kappa shape index (κ2) is 6.02. The lowest BCUT2D eigenvalue weighted by molar-refractivity contribution is 1.21. The van der Waals surface area contributed by atoms with Crippen molar-refractivity contribution in [2.75, 3.05) is 5.73 Å². The molecule has 3 heteroatoms. The van der Waals surface area contributed by atoms with Gasteiger partial charge in [-0.3, -0.25) is 0 Å². The third kappa shape index (κ3) is 3.54. The van der Waals surface area contributed by atoms with E-state index >= 15 is 0 Å². The molecule has 0 atom stereocenters. The second-order valence-corrected chi connectivity index (χ2v) is 6.78. The zero-order valence-electron chi connectivity index (χ0n) is 11.5. The van der Waals surface area contributed by atoms with Gasteiger partial charge >= 0.3 is 0 Å². The monoisotopic (exact) mass is 335 g/mol. The van der Waals surface area contributed by atoms with Gasteiger partial charge in [0.1, 0.15) is 0 Å². The van der Waals surface area contributed by atoms with Gasteiger partial charge in [0.2, 0.25) is 0 Å². The topological polar surface area (TPSA) is 26.0 Å². The number of thioether (sulfide) groups is 1. The quantitative estimate of drug-likeness (QED) is 0.612. The molecule has 2 rings (SSSR count). The maximum absolute atomic E-state index is 6.01. The normalized spacial score (nSPS) is 10.7. The van der Waals surface area contributed by atoms with Crippen LogP contribution in [0.3, 0.4) is 0 Å². The summed E-state index contributed by atoms with van der Waals surface area (Å²) in [5.41, 5.74) is 12.3. The summed E-state index contributed by atoms with van der Waals surface area (Å²) in [6, 6.07) is 10.5. The Labute approximate surface area is 127 Å². The van der Waals surface area contributed by atoms with Gasteiger partial charge < -0.3 is 5.73 Å². The molecule has 0 aliphatic heterocycles. The van der Waals surface area contributed by atoms with Crippen molar-refractivity contribution in [1.82, 2.24) is 0 Å². The number of halogens is 1. The minimum Gasteiger partial charge on any atom is -0.398 e. The smallest absolute Gasteiger partial charge is 0.0453 e. The lowest BCUT2D eigenvalue weighted by Gasteiger charge is -2.12. The summed E-state index contributed by atoms with van der Waals surface area (Å²) < 4.78 is 1.07. The molecule has 2 aromatic carbocycles. The van der Waals surface area contributed by atoms with Crippen molar-refractivity contribution in [3.63, 3.8) is 0 Å². The number of nitrogen functional groups attached to an aromatic ring is 1. The van der Waals surface area contributed by atoms with Crippen molar-refractivity contribution in [1.29, 1.82) is 0 Å². The first-order valence-electron chi connectivity index (χ1n) is 6.22. The molecule has 100 valence electrons. The minimum absolute atomic E-state index is 0.843. The van der Waals surface area contributed by atoms with Crippen LogP contribution in [-0.2, 0) is 5.75 Å². The van der Waals surface area contributed by atoms with Crippen molar-refractivity contribution in [3.8, 4) is 0 Å². The van der Waals surface area contributed by atoms with Crippen LogP contribution in [0.4, 0.5) is 5.69 Å². The number of rotatable bonds is 3. The fraction of sp³-hybridized carbons (Fsp3) is 0.250. The summed E-state index contributed by atoms with van der Waals surface area (Å²) in [5.74, 6) is 0.957. The average Bonchev–Trinajstić information content (AvgIpc) is 2.32. The Morgan fingerprint density at radius 2 is 1.68 bits per heavy atom. The van der Waals surface area contributed by atoms with Gasteiger partial charge in [0.05, 0.1) is 0 Å². The molecule has 0 aliphatic carbocycles. The van der Waals surface area contributed by atoms with Crippen molar-refractivity contribution >= 4 is 33.4 Å². The van der Waals surface area contributed by atoms with E-state index in [9.17, 15) is 0 Å². The summed E-state index contributed by atoms with van der Waals surface area (Å²) >= 11 is 5.29. The van der Waals surface area contributed by atoms with Crippen LogP contribution in [-0.4, -0.2) is 0 Å². The number of benzene rings is 2. The predicted molar refractivity (Wildman–Crippen MR) is 88.8 cm³/mol. The van der Waals surface area contributed by atoms with Crippen LogP contribution in [0.25, 0.3) is 0 Å². The third-order valence-corrected chi connectivity index (χ3v) is 4.78. The van der Waals surface area contributed by atoms with Crippen LogP contribution in [0.2, 0.25) is 0 Å². The van der Waals surface area contributed by atoms with Crippen LogP contribution in [0.15, 0.2) is 39.7 Å². The molecule has 0 saturated carbocycles. The van der Waals surface area contributed by atoms with Crippen LogP contribution >= 0.6 is 27.7 Å². The summed E-state index contributed by atoms with van der Waals surface area (Å²) in [5, 5.41) is 0. The molecule has 19 heavy (non-hydrogen) atoms. The first-order chi connectivity index (χ1) is 8.97. The summed E-state index contributed by atoms with van der Waals surface area (Å²) in [4.78, 5) is 1.13. The fourth-order valence-corrected chi connectivity index (χ4v) is 3.93. The van der Waals surface area contributed by atoms with E-state index < -0.39 is 0 Å². The lowest BCUT2D eigenvalue weighted by atomic mass is 10.0. The summed E-state index contributed by atoms with van der Waals surface area (Å²) in [6.07, 6.45) is 0. The number of aryl methyl sites for hydroxylation is 3. The van der Waals surface area contributed by atoms with Gasteiger partial charge in [-0.25, -0.2) is 0 Å². The van der Waals surface area contributed by atoms with Gasteiger partial charge in [0, 0.05) is 20.8 Å². The highest BCUT2D eigenvalue weighted by atomic mass is 79.9. The van der Waals surface area contributed by atoms with Crippen molar-refractivity contribution in [2.45, 2.75) is 31.4 Å². The van der Waals surface area contributed by atoms with E-state index in [1.54, 1.807) is 11.8 Å². The first-order valence-corrected chi connectivity index (χ1v) is 8.00. The molecule has 0 heterocycles. The van der Waals surface area contributed by atoms with Gasteiger partial charge in [-0.15, -0.1) is 11.8 Å². The van der Waals surface area contributed by atoms with E-state index in [2.05, 4.69) is 54.9 Å². The van der Waals surface area contributed by atoms with Crippen molar-refractivity contribution in [3.05, 3.63) is 57.1 Å². The number of hydrogen-bond acceptors (Lipinski definition) is 2. The number of nitrogens with two attached hydrogens (primary N) is 1. The van der Waals surface area contributed by atoms with E-state index in [1.807, 2.05) is 12.1 Å². The molecule has 0 fully saturated rings. The summed E-state index contributed by atoms with van der Waals surface area (Å²) in [6.45, 7) is 6.50. The number of anilines is 1. The largest absolute Gasteiger partial charge is 0.398 e. The lowest BCUT2D eigenvalue weighted by Crippen LogP contribution is -1.94.